The highest BCUT2D eigenvalue weighted by atomic mass is 79.9. The Morgan fingerprint density at radius 3 is 2.95 bits per heavy atom. The molecule has 6 heteroatoms. The van der Waals surface area contributed by atoms with Crippen LogP contribution in [0.15, 0.2) is 39.9 Å². The van der Waals surface area contributed by atoms with Gasteiger partial charge in [-0.25, -0.2) is 4.98 Å². The Kier molecular flexibility index (Phi) is 4.31. The summed E-state index contributed by atoms with van der Waals surface area (Å²) in [5, 5.41) is 0.729. The molecule has 114 valence electrons. The minimum atomic E-state index is 0.00434. The van der Waals surface area contributed by atoms with E-state index in [2.05, 4.69) is 20.9 Å². The molecule has 0 N–H and O–H groups in total. The molecule has 0 fully saturated rings. The molecule has 0 saturated heterocycles. The van der Waals surface area contributed by atoms with Gasteiger partial charge in [0.25, 0.3) is 5.56 Å². The fourth-order valence-electron chi connectivity index (χ4n) is 2.25. The summed E-state index contributed by atoms with van der Waals surface area (Å²) in [5.41, 5.74) is 1.03. The predicted octanol–water partition coefficient (Wildman–Crippen LogP) is 3.92. The molecule has 0 aliphatic rings. The van der Waals surface area contributed by atoms with E-state index in [0.29, 0.717) is 13.2 Å². The quantitative estimate of drug-likeness (QED) is 0.690. The number of benzene rings is 1. The summed E-state index contributed by atoms with van der Waals surface area (Å²) in [6.07, 6.45) is 1.60. The number of rotatable bonds is 4. The standard InChI is InChI=1S/C16H15BrN2O2S/c1-10-11(2)22-15-14(10)16(20)19(9-18-15)6-7-21-13-5-3-4-12(17)8-13/h3-5,8-9H,6-7H2,1-2H3. The van der Waals surface area contributed by atoms with Crippen LogP contribution >= 0.6 is 27.3 Å². The monoisotopic (exact) mass is 378 g/mol. The van der Waals surface area contributed by atoms with Crippen molar-refractivity contribution in [3.8, 4) is 5.75 Å². The van der Waals surface area contributed by atoms with Gasteiger partial charge in [-0.15, -0.1) is 11.3 Å². The van der Waals surface area contributed by atoms with Gasteiger partial charge >= 0.3 is 0 Å². The van der Waals surface area contributed by atoms with Gasteiger partial charge in [0.2, 0.25) is 0 Å². The maximum atomic E-state index is 12.5. The molecule has 0 saturated carbocycles. The highest BCUT2D eigenvalue weighted by Gasteiger charge is 2.11. The van der Waals surface area contributed by atoms with Crippen molar-refractivity contribution >= 4 is 37.5 Å². The minimum Gasteiger partial charge on any atom is -0.492 e. The number of halogens is 1. The molecule has 0 bridgehead atoms. The Balaban J connectivity index is 1.78. The van der Waals surface area contributed by atoms with Gasteiger partial charge in [0.05, 0.1) is 18.3 Å². The van der Waals surface area contributed by atoms with E-state index >= 15 is 0 Å². The molecule has 0 unspecified atom stereocenters. The molecule has 2 aromatic heterocycles. The van der Waals surface area contributed by atoms with Gasteiger partial charge in [0, 0.05) is 9.35 Å². The van der Waals surface area contributed by atoms with Crippen molar-refractivity contribution in [3.63, 3.8) is 0 Å². The minimum absolute atomic E-state index is 0.00434. The molecular formula is C16H15BrN2O2S. The van der Waals surface area contributed by atoms with Crippen molar-refractivity contribution in [2.45, 2.75) is 20.4 Å². The van der Waals surface area contributed by atoms with Crippen molar-refractivity contribution in [1.82, 2.24) is 9.55 Å². The summed E-state index contributed by atoms with van der Waals surface area (Å²) >= 11 is 4.97. The fourth-order valence-corrected chi connectivity index (χ4v) is 3.61. The van der Waals surface area contributed by atoms with Gasteiger partial charge < -0.3 is 4.74 Å². The average Bonchev–Trinajstić information content (AvgIpc) is 2.77. The van der Waals surface area contributed by atoms with Gasteiger partial charge in [0.1, 0.15) is 17.2 Å². The summed E-state index contributed by atoms with van der Waals surface area (Å²) in [5.74, 6) is 0.777. The Bertz CT molecular complexity index is 885. The van der Waals surface area contributed by atoms with E-state index in [1.165, 1.54) is 0 Å². The molecule has 4 nitrogen and oxygen atoms in total. The van der Waals surface area contributed by atoms with Crippen LogP contribution in [-0.4, -0.2) is 16.2 Å². The normalized spacial score (nSPS) is 11.0. The number of fused-ring (bicyclic) bond motifs is 1. The molecule has 22 heavy (non-hydrogen) atoms. The maximum Gasteiger partial charge on any atom is 0.262 e. The van der Waals surface area contributed by atoms with Crippen LogP contribution in [0.5, 0.6) is 5.75 Å². The van der Waals surface area contributed by atoms with Gasteiger partial charge in [-0.2, -0.15) is 0 Å². The van der Waals surface area contributed by atoms with E-state index in [9.17, 15) is 4.79 Å². The van der Waals surface area contributed by atoms with E-state index in [4.69, 9.17) is 4.74 Å². The molecule has 0 amide bonds. The zero-order valence-corrected chi connectivity index (χ0v) is 14.7. The Morgan fingerprint density at radius 1 is 1.36 bits per heavy atom. The highest BCUT2D eigenvalue weighted by molar-refractivity contribution is 9.10. The lowest BCUT2D eigenvalue weighted by Gasteiger charge is -2.08. The first-order valence-electron chi connectivity index (χ1n) is 6.90. The molecule has 0 aliphatic heterocycles. The van der Waals surface area contributed by atoms with E-state index < -0.39 is 0 Å². The molecule has 1 aromatic carbocycles. The summed E-state index contributed by atoms with van der Waals surface area (Å²) in [4.78, 5) is 18.9. The molecule has 0 radical (unpaired) electrons. The van der Waals surface area contributed by atoms with Crippen molar-refractivity contribution in [1.29, 1.82) is 0 Å². The molecule has 2 heterocycles. The maximum absolute atomic E-state index is 12.5. The lowest BCUT2D eigenvalue weighted by molar-refractivity contribution is 0.296. The Hall–Kier alpha value is -1.66. The first kappa shape index (κ1) is 15.2. The van der Waals surface area contributed by atoms with Crippen LogP contribution in [0.2, 0.25) is 0 Å². The number of aryl methyl sites for hydroxylation is 2. The van der Waals surface area contributed by atoms with Gasteiger partial charge in [-0.05, 0) is 37.6 Å². The molecule has 3 aromatic rings. The smallest absolute Gasteiger partial charge is 0.262 e. The van der Waals surface area contributed by atoms with Crippen LogP contribution in [0.25, 0.3) is 10.2 Å². The lowest BCUT2D eigenvalue weighted by atomic mass is 10.2. The van der Waals surface area contributed by atoms with E-state index in [0.717, 1.165) is 30.9 Å². The predicted molar refractivity (Wildman–Crippen MR) is 93.0 cm³/mol. The van der Waals surface area contributed by atoms with E-state index in [-0.39, 0.29) is 5.56 Å². The largest absolute Gasteiger partial charge is 0.492 e. The number of thiophene rings is 1. The van der Waals surface area contributed by atoms with Crippen LogP contribution in [-0.2, 0) is 6.54 Å². The second-order valence-corrected chi connectivity index (χ2v) is 7.13. The number of ether oxygens (including phenoxy) is 1. The SMILES string of the molecule is Cc1sc2ncn(CCOc3cccc(Br)c3)c(=O)c2c1C. The third kappa shape index (κ3) is 2.94. The molecular weight excluding hydrogens is 364 g/mol. The lowest BCUT2D eigenvalue weighted by Crippen LogP contribution is -2.23. The van der Waals surface area contributed by atoms with Crippen LogP contribution in [0.4, 0.5) is 0 Å². The highest BCUT2D eigenvalue weighted by Crippen LogP contribution is 2.25. The van der Waals surface area contributed by atoms with Crippen LogP contribution in [0, 0.1) is 13.8 Å². The zero-order chi connectivity index (χ0) is 15.7. The summed E-state index contributed by atoms with van der Waals surface area (Å²) in [6, 6.07) is 7.64. The van der Waals surface area contributed by atoms with Crippen LogP contribution in [0.1, 0.15) is 10.4 Å². The number of hydrogen-bond acceptors (Lipinski definition) is 4. The first-order chi connectivity index (χ1) is 10.6. The number of aromatic nitrogens is 2. The molecule has 0 spiro atoms. The van der Waals surface area contributed by atoms with Crippen molar-refractivity contribution in [3.05, 3.63) is 55.9 Å². The third-order valence-corrected chi connectivity index (χ3v) is 5.16. The topological polar surface area (TPSA) is 44.1 Å². The van der Waals surface area contributed by atoms with E-state index in [1.54, 1.807) is 22.2 Å². The fraction of sp³-hybridized carbons (Fsp3) is 0.250. The second-order valence-electron chi connectivity index (χ2n) is 5.01. The third-order valence-electron chi connectivity index (χ3n) is 3.55. The Morgan fingerprint density at radius 2 is 2.18 bits per heavy atom. The zero-order valence-electron chi connectivity index (χ0n) is 12.3. The molecule has 0 aliphatic carbocycles. The summed E-state index contributed by atoms with van der Waals surface area (Å²) in [7, 11) is 0. The number of hydrogen-bond donors (Lipinski definition) is 0. The van der Waals surface area contributed by atoms with Gasteiger partial charge in [-0.1, -0.05) is 22.0 Å². The average molecular weight is 379 g/mol. The molecule has 3 rings (SSSR count). The first-order valence-corrected chi connectivity index (χ1v) is 8.50. The van der Waals surface area contributed by atoms with Crippen molar-refractivity contribution in [2.24, 2.45) is 0 Å². The van der Waals surface area contributed by atoms with Crippen molar-refractivity contribution < 1.29 is 4.74 Å². The summed E-state index contributed by atoms with van der Waals surface area (Å²) < 4.78 is 8.26. The van der Waals surface area contributed by atoms with Crippen LogP contribution < -0.4 is 10.3 Å². The molecule has 0 atom stereocenters. The Labute approximate surface area is 140 Å². The van der Waals surface area contributed by atoms with Crippen molar-refractivity contribution in [2.75, 3.05) is 6.61 Å². The van der Waals surface area contributed by atoms with Gasteiger partial charge in [0.15, 0.2) is 0 Å². The second kappa shape index (κ2) is 6.22. The summed E-state index contributed by atoms with van der Waals surface area (Å²) in [6.45, 7) is 4.88. The van der Waals surface area contributed by atoms with Gasteiger partial charge in [-0.3, -0.25) is 9.36 Å². The van der Waals surface area contributed by atoms with E-state index in [1.807, 2.05) is 38.1 Å². The van der Waals surface area contributed by atoms with Crippen LogP contribution in [0.3, 0.4) is 0 Å². The number of nitrogens with zero attached hydrogens (tertiary/aromatic N) is 2.